The summed E-state index contributed by atoms with van der Waals surface area (Å²) in [6.45, 7) is 4.05. The van der Waals surface area contributed by atoms with E-state index in [1.54, 1.807) is 4.90 Å². The van der Waals surface area contributed by atoms with Gasteiger partial charge in [-0.15, -0.1) is 0 Å². The molecule has 0 spiro atoms. The largest absolute Gasteiger partial charge is 0.396 e. The lowest BCUT2D eigenvalue weighted by molar-refractivity contribution is 0.197. The van der Waals surface area contributed by atoms with E-state index in [2.05, 4.69) is 10.6 Å². The van der Waals surface area contributed by atoms with Gasteiger partial charge in [0.05, 0.1) is 5.69 Å². The third-order valence-electron chi connectivity index (χ3n) is 5.14. The number of rotatable bonds is 5. The number of aliphatic hydroxyl groups excluding tert-OH is 1. The standard InChI is InChI=1S/C19H28N4O3/c1-2-20-18(25)23-11-9-14-7-8-15(13-17(14)23)21-19(26)22-10-3-5-16(22)6-4-12-24/h7-8,13,16,24H,2-6,9-12H2,1H3,(H,20,25)(H,21,26)/t16-/m1/s1. The van der Waals surface area contributed by atoms with Crippen molar-refractivity contribution in [3.63, 3.8) is 0 Å². The predicted molar refractivity (Wildman–Crippen MR) is 102 cm³/mol. The molecule has 4 amide bonds. The monoisotopic (exact) mass is 360 g/mol. The van der Waals surface area contributed by atoms with Crippen molar-refractivity contribution >= 4 is 23.4 Å². The Balaban J connectivity index is 1.68. The maximum Gasteiger partial charge on any atom is 0.322 e. The van der Waals surface area contributed by atoms with E-state index in [0.29, 0.717) is 18.8 Å². The highest BCUT2D eigenvalue weighted by Crippen LogP contribution is 2.31. The third-order valence-corrected chi connectivity index (χ3v) is 5.14. The molecule has 3 N–H and O–H groups in total. The van der Waals surface area contributed by atoms with E-state index in [0.717, 1.165) is 49.9 Å². The van der Waals surface area contributed by atoms with Crippen LogP contribution in [0.15, 0.2) is 18.2 Å². The number of hydrogen-bond acceptors (Lipinski definition) is 3. The number of carbonyl (C=O) groups is 2. The quantitative estimate of drug-likeness (QED) is 0.754. The van der Waals surface area contributed by atoms with Gasteiger partial charge in [0.2, 0.25) is 0 Å². The molecule has 0 aromatic heterocycles. The van der Waals surface area contributed by atoms with Gasteiger partial charge in [0.15, 0.2) is 0 Å². The van der Waals surface area contributed by atoms with Crippen molar-refractivity contribution in [2.24, 2.45) is 0 Å². The number of nitrogens with one attached hydrogen (secondary N) is 2. The van der Waals surface area contributed by atoms with Gasteiger partial charge in [-0.2, -0.15) is 0 Å². The first-order chi connectivity index (χ1) is 12.6. The van der Waals surface area contributed by atoms with Crippen LogP contribution in [0.25, 0.3) is 0 Å². The van der Waals surface area contributed by atoms with Crippen molar-refractivity contribution in [1.82, 2.24) is 10.2 Å². The second-order valence-electron chi connectivity index (χ2n) is 6.87. The number of benzene rings is 1. The van der Waals surface area contributed by atoms with Crippen molar-refractivity contribution in [3.05, 3.63) is 23.8 Å². The van der Waals surface area contributed by atoms with Gasteiger partial charge in [0.25, 0.3) is 0 Å². The molecule has 0 aliphatic carbocycles. The van der Waals surface area contributed by atoms with Gasteiger partial charge in [0, 0.05) is 38.0 Å². The lowest BCUT2D eigenvalue weighted by atomic mass is 10.1. The topological polar surface area (TPSA) is 84.9 Å². The van der Waals surface area contributed by atoms with E-state index in [9.17, 15) is 9.59 Å². The lowest BCUT2D eigenvalue weighted by Gasteiger charge is -2.25. The Morgan fingerprint density at radius 1 is 1.27 bits per heavy atom. The number of fused-ring (bicyclic) bond motifs is 1. The fourth-order valence-electron chi connectivity index (χ4n) is 3.84. The average molecular weight is 360 g/mol. The number of hydrogen-bond donors (Lipinski definition) is 3. The number of anilines is 2. The van der Waals surface area contributed by atoms with Gasteiger partial charge >= 0.3 is 12.1 Å². The van der Waals surface area contributed by atoms with Gasteiger partial charge in [-0.1, -0.05) is 6.07 Å². The van der Waals surface area contributed by atoms with Gasteiger partial charge < -0.3 is 20.6 Å². The summed E-state index contributed by atoms with van der Waals surface area (Å²) in [6, 6.07) is 5.76. The van der Waals surface area contributed by atoms with Crippen LogP contribution < -0.4 is 15.5 Å². The van der Waals surface area contributed by atoms with Crippen LogP contribution in [0.3, 0.4) is 0 Å². The molecular weight excluding hydrogens is 332 g/mol. The summed E-state index contributed by atoms with van der Waals surface area (Å²) in [5.41, 5.74) is 2.70. The van der Waals surface area contributed by atoms with Crippen LogP contribution in [0.1, 0.15) is 38.2 Å². The van der Waals surface area contributed by atoms with Gasteiger partial charge in [-0.3, -0.25) is 4.90 Å². The molecule has 7 nitrogen and oxygen atoms in total. The van der Waals surface area contributed by atoms with Crippen molar-refractivity contribution in [2.75, 3.05) is 36.5 Å². The molecule has 3 rings (SSSR count). The number of urea groups is 2. The molecule has 1 aromatic rings. The Kier molecular flexibility index (Phi) is 5.98. The molecule has 1 atom stereocenters. The minimum atomic E-state index is -0.104. The van der Waals surface area contributed by atoms with E-state index < -0.39 is 0 Å². The Labute approximate surface area is 154 Å². The average Bonchev–Trinajstić information content (AvgIpc) is 3.26. The molecule has 0 saturated carbocycles. The fourth-order valence-corrected chi connectivity index (χ4v) is 3.84. The number of nitrogens with zero attached hydrogens (tertiary/aromatic N) is 2. The summed E-state index contributed by atoms with van der Waals surface area (Å²) in [6.07, 6.45) is 4.37. The summed E-state index contributed by atoms with van der Waals surface area (Å²) in [4.78, 5) is 28.5. The third kappa shape index (κ3) is 3.93. The molecule has 26 heavy (non-hydrogen) atoms. The fraction of sp³-hybridized carbons (Fsp3) is 0.579. The summed E-state index contributed by atoms with van der Waals surface area (Å²) in [5, 5.41) is 14.8. The number of amides is 4. The number of aliphatic hydroxyl groups is 1. The minimum Gasteiger partial charge on any atom is -0.396 e. The van der Waals surface area contributed by atoms with E-state index in [4.69, 9.17) is 5.11 Å². The highest BCUT2D eigenvalue weighted by molar-refractivity contribution is 5.96. The molecule has 2 aliphatic rings. The van der Waals surface area contributed by atoms with Crippen LogP contribution in [0.4, 0.5) is 21.0 Å². The zero-order valence-electron chi connectivity index (χ0n) is 15.3. The zero-order chi connectivity index (χ0) is 18.5. The first kappa shape index (κ1) is 18.5. The highest BCUT2D eigenvalue weighted by atomic mass is 16.3. The first-order valence-corrected chi connectivity index (χ1v) is 9.50. The number of likely N-dealkylation sites (tertiary alicyclic amines) is 1. The van der Waals surface area contributed by atoms with Crippen molar-refractivity contribution in [2.45, 2.75) is 45.1 Å². The molecule has 0 radical (unpaired) electrons. The molecule has 142 valence electrons. The predicted octanol–water partition coefficient (Wildman–Crippen LogP) is 2.55. The molecule has 2 heterocycles. The summed E-state index contributed by atoms with van der Waals surface area (Å²) in [7, 11) is 0. The summed E-state index contributed by atoms with van der Waals surface area (Å²) in [5.74, 6) is 0. The Hall–Kier alpha value is -2.28. The van der Waals surface area contributed by atoms with Crippen LogP contribution in [0.5, 0.6) is 0 Å². The second-order valence-corrected chi connectivity index (χ2v) is 6.87. The summed E-state index contributed by atoms with van der Waals surface area (Å²) < 4.78 is 0. The molecule has 7 heteroatoms. The molecule has 0 bridgehead atoms. The highest BCUT2D eigenvalue weighted by Gasteiger charge is 2.29. The zero-order valence-corrected chi connectivity index (χ0v) is 15.3. The van der Waals surface area contributed by atoms with E-state index >= 15 is 0 Å². The molecule has 1 fully saturated rings. The van der Waals surface area contributed by atoms with E-state index in [1.165, 1.54) is 0 Å². The second kappa shape index (κ2) is 8.40. The smallest absolute Gasteiger partial charge is 0.322 e. The molecule has 1 saturated heterocycles. The maximum atomic E-state index is 12.7. The number of carbonyl (C=O) groups excluding carboxylic acids is 2. The normalized spacial score (nSPS) is 18.8. The van der Waals surface area contributed by atoms with E-state index in [1.807, 2.05) is 30.0 Å². The SMILES string of the molecule is CCNC(=O)N1CCc2ccc(NC(=O)N3CCC[C@@H]3CCCO)cc21. The summed E-state index contributed by atoms with van der Waals surface area (Å²) >= 11 is 0. The molecule has 1 aromatic carbocycles. The van der Waals surface area contributed by atoms with Crippen molar-refractivity contribution in [3.8, 4) is 0 Å². The van der Waals surface area contributed by atoms with Crippen molar-refractivity contribution in [1.29, 1.82) is 0 Å². The molecule has 2 aliphatic heterocycles. The van der Waals surface area contributed by atoms with E-state index in [-0.39, 0.29) is 24.7 Å². The van der Waals surface area contributed by atoms with Crippen LogP contribution in [0, 0.1) is 0 Å². The van der Waals surface area contributed by atoms with Crippen LogP contribution in [0.2, 0.25) is 0 Å². The van der Waals surface area contributed by atoms with Crippen LogP contribution >= 0.6 is 0 Å². The minimum absolute atomic E-state index is 0.0988. The Morgan fingerprint density at radius 2 is 2.12 bits per heavy atom. The van der Waals surface area contributed by atoms with Gasteiger partial charge in [-0.05, 0) is 56.7 Å². The lowest BCUT2D eigenvalue weighted by Crippen LogP contribution is -2.39. The molecular formula is C19H28N4O3. The van der Waals surface area contributed by atoms with Crippen LogP contribution in [-0.4, -0.2) is 54.4 Å². The van der Waals surface area contributed by atoms with Crippen LogP contribution in [-0.2, 0) is 6.42 Å². The van der Waals surface area contributed by atoms with Gasteiger partial charge in [-0.25, -0.2) is 9.59 Å². The van der Waals surface area contributed by atoms with Gasteiger partial charge in [0.1, 0.15) is 0 Å². The maximum absolute atomic E-state index is 12.7. The Morgan fingerprint density at radius 3 is 2.88 bits per heavy atom. The first-order valence-electron chi connectivity index (χ1n) is 9.50. The molecule has 0 unspecified atom stereocenters. The van der Waals surface area contributed by atoms with Crippen molar-refractivity contribution < 1.29 is 14.7 Å². The Bertz CT molecular complexity index is 664.